The molecule has 74 valence electrons. The van der Waals surface area contributed by atoms with Gasteiger partial charge in [-0.3, -0.25) is 0 Å². The average molecular weight is 198 g/mol. The van der Waals surface area contributed by atoms with Gasteiger partial charge in [-0.05, 0) is 25.4 Å². The Labute approximate surface area is 84.4 Å². The van der Waals surface area contributed by atoms with Gasteiger partial charge in [0, 0.05) is 18.0 Å². The highest BCUT2D eigenvalue weighted by Crippen LogP contribution is 2.05. The van der Waals surface area contributed by atoms with E-state index >= 15 is 0 Å². The fourth-order valence-corrected chi connectivity index (χ4v) is 1.79. The molecule has 0 radical (unpaired) electrons. The van der Waals surface area contributed by atoms with Gasteiger partial charge in [0.15, 0.2) is 0 Å². The minimum atomic E-state index is 0.750. The van der Waals surface area contributed by atoms with E-state index in [-0.39, 0.29) is 0 Å². The summed E-state index contributed by atoms with van der Waals surface area (Å²) in [5, 5.41) is 6.72. The summed E-state index contributed by atoms with van der Waals surface area (Å²) in [7, 11) is 0. The molecule has 0 amide bonds. The zero-order valence-electron chi connectivity index (χ0n) is 8.42. The average Bonchev–Trinajstić information content (AvgIpc) is 2.55. The highest BCUT2D eigenvalue weighted by Gasteiger charge is 1.95. The van der Waals surface area contributed by atoms with Gasteiger partial charge in [0.25, 0.3) is 0 Å². The van der Waals surface area contributed by atoms with Gasteiger partial charge in [-0.25, -0.2) is 4.98 Å². The third kappa shape index (κ3) is 5.01. The first-order chi connectivity index (χ1) is 6.29. The molecule has 0 bridgehead atoms. The number of thiazole rings is 1. The van der Waals surface area contributed by atoms with Crippen LogP contribution in [-0.4, -0.2) is 18.1 Å². The molecule has 1 heterocycles. The van der Waals surface area contributed by atoms with Gasteiger partial charge in [-0.2, -0.15) is 0 Å². The second kappa shape index (κ2) is 6.11. The fraction of sp³-hybridized carbons (Fsp3) is 0.700. The summed E-state index contributed by atoms with van der Waals surface area (Å²) < 4.78 is 0. The van der Waals surface area contributed by atoms with Crippen LogP contribution in [0.1, 0.15) is 25.3 Å². The maximum atomic E-state index is 4.24. The Kier molecular flexibility index (Phi) is 5.01. The van der Waals surface area contributed by atoms with E-state index in [4.69, 9.17) is 0 Å². The Bertz CT molecular complexity index is 207. The Morgan fingerprint density at radius 2 is 2.38 bits per heavy atom. The van der Waals surface area contributed by atoms with Gasteiger partial charge in [-0.1, -0.05) is 13.8 Å². The van der Waals surface area contributed by atoms with Gasteiger partial charge in [0.2, 0.25) is 0 Å². The van der Waals surface area contributed by atoms with Crippen molar-refractivity contribution in [1.82, 2.24) is 10.3 Å². The highest BCUT2D eigenvalue weighted by atomic mass is 32.1. The van der Waals surface area contributed by atoms with E-state index in [1.165, 1.54) is 11.4 Å². The van der Waals surface area contributed by atoms with Gasteiger partial charge in [0.1, 0.15) is 0 Å². The molecule has 0 aliphatic rings. The van der Waals surface area contributed by atoms with E-state index in [0.717, 1.165) is 25.4 Å². The molecule has 0 saturated heterocycles. The zero-order chi connectivity index (χ0) is 9.52. The van der Waals surface area contributed by atoms with Crippen LogP contribution >= 0.6 is 11.3 Å². The molecular formula is C10H18N2S. The monoisotopic (exact) mass is 198 g/mol. The third-order valence-electron chi connectivity index (χ3n) is 1.78. The van der Waals surface area contributed by atoms with Crippen molar-refractivity contribution in [3.05, 3.63) is 16.6 Å². The van der Waals surface area contributed by atoms with Crippen LogP contribution in [0.3, 0.4) is 0 Å². The van der Waals surface area contributed by atoms with Crippen LogP contribution in [-0.2, 0) is 6.42 Å². The molecule has 0 saturated carbocycles. The predicted octanol–water partition coefficient (Wildman–Crippen LogP) is 2.32. The van der Waals surface area contributed by atoms with Crippen molar-refractivity contribution in [3.63, 3.8) is 0 Å². The molecule has 13 heavy (non-hydrogen) atoms. The summed E-state index contributed by atoms with van der Waals surface area (Å²) in [4.78, 5) is 4.24. The van der Waals surface area contributed by atoms with E-state index in [9.17, 15) is 0 Å². The minimum Gasteiger partial charge on any atom is -0.316 e. The lowest BCUT2D eigenvalue weighted by Crippen LogP contribution is -2.21. The van der Waals surface area contributed by atoms with Gasteiger partial charge < -0.3 is 5.32 Å². The molecule has 0 aliphatic carbocycles. The summed E-state index contributed by atoms with van der Waals surface area (Å²) in [6, 6.07) is 0. The maximum Gasteiger partial charge on any atom is 0.0925 e. The Balaban J connectivity index is 1.96. The Morgan fingerprint density at radius 1 is 1.54 bits per heavy atom. The topological polar surface area (TPSA) is 24.9 Å². The lowest BCUT2D eigenvalue weighted by atomic mass is 10.2. The third-order valence-corrected chi connectivity index (χ3v) is 2.62. The molecule has 0 spiro atoms. The molecule has 1 aromatic heterocycles. The van der Waals surface area contributed by atoms with Gasteiger partial charge in [0.05, 0.1) is 5.01 Å². The van der Waals surface area contributed by atoms with Crippen molar-refractivity contribution in [3.8, 4) is 0 Å². The predicted molar refractivity (Wildman–Crippen MR) is 58.1 cm³/mol. The van der Waals surface area contributed by atoms with Crippen LogP contribution in [0.25, 0.3) is 0 Å². The fourth-order valence-electron chi connectivity index (χ4n) is 1.13. The van der Waals surface area contributed by atoms with Crippen molar-refractivity contribution in [2.75, 3.05) is 13.1 Å². The number of aromatic nitrogens is 1. The molecule has 0 fully saturated rings. The Hall–Kier alpha value is -0.410. The summed E-state index contributed by atoms with van der Waals surface area (Å²) >= 11 is 1.75. The SMILES string of the molecule is CC(C)CNCCCc1nccs1. The molecule has 2 nitrogen and oxygen atoms in total. The van der Waals surface area contributed by atoms with Crippen LogP contribution in [0.2, 0.25) is 0 Å². The molecule has 0 aromatic carbocycles. The summed E-state index contributed by atoms with van der Waals surface area (Å²) in [6.45, 7) is 6.69. The van der Waals surface area contributed by atoms with Crippen molar-refractivity contribution in [1.29, 1.82) is 0 Å². The van der Waals surface area contributed by atoms with Gasteiger partial charge in [-0.15, -0.1) is 11.3 Å². The molecule has 0 unspecified atom stereocenters. The van der Waals surface area contributed by atoms with E-state index in [2.05, 4.69) is 24.1 Å². The molecule has 0 atom stereocenters. The van der Waals surface area contributed by atoms with Crippen molar-refractivity contribution >= 4 is 11.3 Å². The second-order valence-electron chi connectivity index (χ2n) is 3.63. The largest absolute Gasteiger partial charge is 0.316 e. The summed E-state index contributed by atoms with van der Waals surface area (Å²) in [5.74, 6) is 0.750. The van der Waals surface area contributed by atoms with Crippen LogP contribution in [0.4, 0.5) is 0 Å². The van der Waals surface area contributed by atoms with E-state index in [1.807, 2.05) is 11.6 Å². The quantitative estimate of drug-likeness (QED) is 0.710. The maximum absolute atomic E-state index is 4.24. The van der Waals surface area contributed by atoms with Crippen LogP contribution < -0.4 is 5.32 Å². The first kappa shape index (κ1) is 10.7. The first-order valence-corrected chi connectivity index (χ1v) is 5.76. The number of hydrogen-bond acceptors (Lipinski definition) is 3. The number of hydrogen-bond donors (Lipinski definition) is 1. The first-order valence-electron chi connectivity index (χ1n) is 4.88. The molecule has 1 N–H and O–H groups in total. The van der Waals surface area contributed by atoms with E-state index in [1.54, 1.807) is 11.3 Å². The van der Waals surface area contributed by atoms with Crippen molar-refractivity contribution in [2.45, 2.75) is 26.7 Å². The number of aryl methyl sites for hydroxylation is 1. The normalized spacial score (nSPS) is 11.0. The smallest absolute Gasteiger partial charge is 0.0925 e. The highest BCUT2D eigenvalue weighted by molar-refractivity contribution is 7.09. The van der Waals surface area contributed by atoms with Crippen molar-refractivity contribution in [2.24, 2.45) is 5.92 Å². The number of nitrogens with zero attached hydrogens (tertiary/aromatic N) is 1. The van der Waals surface area contributed by atoms with Crippen molar-refractivity contribution < 1.29 is 0 Å². The lowest BCUT2D eigenvalue weighted by Gasteiger charge is -2.05. The zero-order valence-corrected chi connectivity index (χ0v) is 9.23. The number of nitrogens with one attached hydrogen (secondary N) is 1. The summed E-state index contributed by atoms with van der Waals surface area (Å²) in [6.07, 6.45) is 4.19. The van der Waals surface area contributed by atoms with Gasteiger partial charge >= 0.3 is 0 Å². The standard InChI is InChI=1S/C10H18N2S/c1-9(2)8-11-5-3-4-10-12-6-7-13-10/h6-7,9,11H,3-5,8H2,1-2H3. The van der Waals surface area contributed by atoms with Crippen LogP contribution in [0.5, 0.6) is 0 Å². The summed E-state index contributed by atoms with van der Waals surface area (Å²) in [5.41, 5.74) is 0. The van der Waals surface area contributed by atoms with E-state index < -0.39 is 0 Å². The molecule has 1 aromatic rings. The number of rotatable bonds is 6. The Morgan fingerprint density at radius 3 is 3.00 bits per heavy atom. The lowest BCUT2D eigenvalue weighted by molar-refractivity contribution is 0.543. The molecule has 1 rings (SSSR count). The van der Waals surface area contributed by atoms with E-state index in [0.29, 0.717) is 0 Å². The molecule has 0 aliphatic heterocycles. The van der Waals surface area contributed by atoms with Crippen LogP contribution in [0, 0.1) is 5.92 Å². The molecule has 3 heteroatoms. The molecular weight excluding hydrogens is 180 g/mol. The minimum absolute atomic E-state index is 0.750. The van der Waals surface area contributed by atoms with Crippen LogP contribution in [0.15, 0.2) is 11.6 Å². The second-order valence-corrected chi connectivity index (χ2v) is 4.61.